The lowest BCUT2D eigenvalue weighted by molar-refractivity contribution is 0.0595. The molecule has 1 aliphatic carbocycles. The summed E-state index contributed by atoms with van der Waals surface area (Å²) in [5.74, 6) is -0.657. The van der Waals surface area contributed by atoms with E-state index in [0.717, 1.165) is 38.5 Å². The van der Waals surface area contributed by atoms with Gasteiger partial charge in [0.05, 0.1) is 7.11 Å². The number of benzene rings is 1. The van der Waals surface area contributed by atoms with Gasteiger partial charge in [-0.05, 0) is 64.5 Å². The summed E-state index contributed by atoms with van der Waals surface area (Å²) in [6.07, 6.45) is 8.63. The van der Waals surface area contributed by atoms with E-state index in [1.165, 1.54) is 18.3 Å². The van der Waals surface area contributed by atoms with Crippen LogP contribution in [0.4, 0.5) is 0 Å². The Balaban J connectivity index is 0.000000892. The standard InChI is InChI=1S/C20H28O4.C4H8/c1-4-5-6-9-15-12-16(21)17(14-10-7-8-13(2)11-14)19(22)18(15)20(23)24-3;1-4(2)3/h11-12,14,21-22H,4-10H2,1-3H3;1H2,2-3H3. The van der Waals surface area contributed by atoms with Crippen LogP contribution in [0.3, 0.4) is 0 Å². The molecule has 1 unspecified atom stereocenters. The van der Waals surface area contributed by atoms with Gasteiger partial charge >= 0.3 is 5.97 Å². The highest BCUT2D eigenvalue weighted by Gasteiger charge is 2.27. The Morgan fingerprint density at radius 2 is 1.93 bits per heavy atom. The van der Waals surface area contributed by atoms with Gasteiger partial charge in [0.1, 0.15) is 17.1 Å². The maximum absolute atomic E-state index is 12.2. The number of aromatic hydroxyl groups is 2. The molecule has 0 spiro atoms. The fraction of sp³-hybridized carbons (Fsp3) is 0.542. The van der Waals surface area contributed by atoms with Crippen molar-refractivity contribution in [1.29, 1.82) is 0 Å². The van der Waals surface area contributed by atoms with E-state index in [9.17, 15) is 15.0 Å². The van der Waals surface area contributed by atoms with Gasteiger partial charge in [-0.25, -0.2) is 4.79 Å². The van der Waals surface area contributed by atoms with Crippen LogP contribution in [0.15, 0.2) is 29.9 Å². The van der Waals surface area contributed by atoms with Crippen molar-refractivity contribution in [2.75, 3.05) is 7.11 Å². The molecule has 2 rings (SSSR count). The van der Waals surface area contributed by atoms with Gasteiger partial charge in [0, 0.05) is 11.5 Å². The van der Waals surface area contributed by atoms with Crippen LogP contribution >= 0.6 is 0 Å². The number of esters is 1. The molecule has 0 amide bonds. The Labute approximate surface area is 169 Å². The van der Waals surface area contributed by atoms with Gasteiger partial charge in [-0.1, -0.05) is 37.0 Å². The third-order valence-electron chi connectivity index (χ3n) is 4.78. The molecule has 1 aliphatic rings. The topological polar surface area (TPSA) is 66.8 Å². The number of carbonyl (C=O) groups is 1. The minimum Gasteiger partial charge on any atom is -0.507 e. The highest BCUT2D eigenvalue weighted by molar-refractivity contribution is 5.95. The molecule has 156 valence electrons. The van der Waals surface area contributed by atoms with Gasteiger partial charge < -0.3 is 14.9 Å². The third-order valence-corrected chi connectivity index (χ3v) is 4.78. The SMILES string of the molecule is C=C(C)C.CCCCCc1cc(O)c(C2C=C(C)CCC2)c(O)c1C(=O)OC. The molecule has 0 radical (unpaired) electrons. The molecule has 4 heteroatoms. The zero-order valence-electron chi connectivity index (χ0n) is 18.1. The van der Waals surface area contributed by atoms with Crippen molar-refractivity contribution in [3.63, 3.8) is 0 Å². The summed E-state index contributed by atoms with van der Waals surface area (Å²) in [6.45, 7) is 11.7. The molecule has 2 N–H and O–H groups in total. The first-order valence-electron chi connectivity index (χ1n) is 10.2. The van der Waals surface area contributed by atoms with Crippen LogP contribution in [-0.2, 0) is 11.2 Å². The summed E-state index contributed by atoms with van der Waals surface area (Å²) in [5, 5.41) is 21.3. The molecular weight excluding hydrogens is 352 g/mol. The van der Waals surface area contributed by atoms with E-state index >= 15 is 0 Å². The van der Waals surface area contributed by atoms with E-state index in [0.29, 0.717) is 17.5 Å². The first-order chi connectivity index (χ1) is 13.2. The number of unbranched alkanes of at least 4 members (excludes halogenated alkanes) is 2. The van der Waals surface area contributed by atoms with Crippen molar-refractivity contribution in [2.24, 2.45) is 0 Å². The summed E-state index contributed by atoms with van der Waals surface area (Å²) in [5.41, 5.74) is 3.73. The largest absolute Gasteiger partial charge is 0.507 e. The van der Waals surface area contributed by atoms with Gasteiger partial charge in [0.2, 0.25) is 0 Å². The van der Waals surface area contributed by atoms with Crippen molar-refractivity contribution in [2.45, 2.75) is 78.6 Å². The molecule has 1 atom stereocenters. The molecule has 1 aromatic carbocycles. The summed E-state index contributed by atoms with van der Waals surface area (Å²) >= 11 is 0. The number of rotatable bonds is 6. The van der Waals surface area contributed by atoms with Gasteiger partial charge in [-0.3, -0.25) is 0 Å². The average Bonchev–Trinajstić information content (AvgIpc) is 2.61. The summed E-state index contributed by atoms with van der Waals surface area (Å²) in [4.78, 5) is 12.2. The maximum Gasteiger partial charge on any atom is 0.341 e. The Bertz CT molecular complexity index is 712. The van der Waals surface area contributed by atoms with Crippen molar-refractivity contribution >= 4 is 5.97 Å². The normalized spacial score (nSPS) is 15.9. The van der Waals surface area contributed by atoms with Crippen LogP contribution in [0, 0.1) is 0 Å². The predicted octanol–water partition coefficient (Wildman–Crippen LogP) is 6.41. The van der Waals surface area contributed by atoms with E-state index in [-0.39, 0.29) is 23.0 Å². The second-order valence-electron chi connectivity index (χ2n) is 7.86. The molecule has 1 aromatic rings. The fourth-order valence-corrected chi connectivity index (χ4v) is 3.52. The number of hydrogen-bond donors (Lipinski definition) is 2. The molecular formula is C24H36O4. The minimum atomic E-state index is -0.545. The van der Waals surface area contributed by atoms with Crippen molar-refractivity contribution in [1.82, 2.24) is 0 Å². The van der Waals surface area contributed by atoms with Crippen LogP contribution in [0.25, 0.3) is 0 Å². The molecule has 0 aliphatic heterocycles. The Kier molecular flexibility index (Phi) is 9.84. The molecule has 0 saturated carbocycles. The lowest BCUT2D eigenvalue weighted by Gasteiger charge is -2.23. The van der Waals surface area contributed by atoms with Crippen LogP contribution in [0.2, 0.25) is 0 Å². The van der Waals surface area contributed by atoms with Crippen molar-refractivity contribution < 1.29 is 19.7 Å². The van der Waals surface area contributed by atoms with Gasteiger partial charge in [-0.15, -0.1) is 6.58 Å². The number of methoxy groups -OCH3 is 1. The van der Waals surface area contributed by atoms with Crippen LogP contribution < -0.4 is 0 Å². The zero-order valence-corrected chi connectivity index (χ0v) is 18.1. The Morgan fingerprint density at radius 1 is 1.29 bits per heavy atom. The molecule has 4 nitrogen and oxygen atoms in total. The Hall–Kier alpha value is -2.23. The predicted molar refractivity (Wildman–Crippen MR) is 115 cm³/mol. The maximum atomic E-state index is 12.2. The van der Waals surface area contributed by atoms with E-state index < -0.39 is 5.97 Å². The highest BCUT2D eigenvalue weighted by Crippen LogP contribution is 2.44. The van der Waals surface area contributed by atoms with Gasteiger partial charge in [0.25, 0.3) is 0 Å². The average molecular weight is 389 g/mol. The lowest BCUT2D eigenvalue weighted by atomic mass is 9.83. The molecule has 0 heterocycles. The summed E-state index contributed by atoms with van der Waals surface area (Å²) in [7, 11) is 1.31. The first-order valence-corrected chi connectivity index (χ1v) is 10.2. The second kappa shape index (κ2) is 11.6. The number of ether oxygens (including phenoxy) is 1. The van der Waals surface area contributed by atoms with E-state index in [1.54, 1.807) is 6.07 Å². The molecule has 0 saturated heterocycles. The number of phenols is 2. The monoisotopic (exact) mass is 388 g/mol. The van der Waals surface area contributed by atoms with Crippen LogP contribution in [0.1, 0.15) is 93.6 Å². The third kappa shape index (κ3) is 6.74. The number of allylic oxidation sites excluding steroid dienone is 3. The lowest BCUT2D eigenvalue weighted by Crippen LogP contribution is -2.11. The van der Waals surface area contributed by atoms with E-state index in [4.69, 9.17) is 4.74 Å². The molecule has 0 fully saturated rings. The fourth-order valence-electron chi connectivity index (χ4n) is 3.52. The quantitative estimate of drug-likeness (QED) is 0.335. The number of phenolic OH excluding ortho intramolecular Hbond substituents is 2. The van der Waals surface area contributed by atoms with Gasteiger partial charge in [0.15, 0.2) is 0 Å². The van der Waals surface area contributed by atoms with Gasteiger partial charge in [-0.2, -0.15) is 0 Å². The minimum absolute atomic E-state index is 0.0631. The summed E-state index contributed by atoms with van der Waals surface area (Å²) < 4.78 is 4.87. The second-order valence-corrected chi connectivity index (χ2v) is 7.86. The first kappa shape index (κ1) is 23.8. The summed E-state index contributed by atoms with van der Waals surface area (Å²) in [6, 6.07) is 1.63. The highest BCUT2D eigenvalue weighted by atomic mass is 16.5. The van der Waals surface area contributed by atoms with Crippen molar-refractivity contribution in [3.05, 3.63) is 46.6 Å². The van der Waals surface area contributed by atoms with Crippen LogP contribution in [0.5, 0.6) is 11.5 Å². The molecule has 28 heavy (non-hydrogen) atoms. The smallest absolute Gasteiger partial charge is 0.341 e. The van der Waals surface area contributed by atoms with E-state index in [1.807, 2.05) is 13.8 Å². The van der Waals surface area contributed by atoms with Crippen molar-refractivity contribution in [3.8, 4) is 11.5 Å². The Morgan fingerprint density at radius 3 is 2.46 bits per heavy atom. The number of hydrogen-bond acceptors (Lipinski definition) is 4. The molecule has 0 bridgehead atoms. The molecule has 0 aromatic heterocycles. The zero-order chi connectivity index (χ0) is 21.3. The number of aryl methyl sites for hydroxylation is 1. The van der Waals surface area contributed by atoms with Crippen LogP contribution in [-0.4, -0.2) is 23.3 Å². The number of carbonyl (C=O) groups excluding carboxylic acids is 1. The van der Waals surface area contributed by atoms with E-state index in [2.05, 4.69) is 26.5 Å².